The van der Waals surface area contributed by atoms with Crippen LogP contribution in [0.1, 0.15) is 0 Å². The minimum absolute atomic E-state index is 1.07. The molecule has 0 unspecified atom stereocenters. The van der Waals surface area contributed by atoms with Crippen molar-refractivity contribution in [2.45, 2.75) is 0 Å². The van der Waals surface area contributed by atoms with Gasteiger partial charge in [-0.2, -0.15) is 0 Å². The Balaban J connectivity index is 1.07. The van der Waals surface area contributed by atoms with E-state index in [0.29, 0.717) is 0 Å². The van der Waals surface area contributed by atoms with Crippen molar-refractivity contribution in [3.05, 3.63) is 176 Å². The van der Waals surface area contributed by atoms with Crippen molar-refractivity contribution in [2.24, 2.45) is 0 Å². The van der Waals surface area contributed by atoms with Crippen molar-refractivity contribution in [1.29, 1.82) is 0 Å². The summed E-state index contributed by atoms with van der Waals surface area (Å²) in [6.45, 7) is 0. The summed E-state index contributed by atoms with van der Waals surface area (Å²) in [5, 5.41) is 6.15. The second kappa shape index (κ2) is 11.1. The summed E-state index contributed by atoms with van der Waals surface area (Å²) in [5.41, 5.74) is 13.0. The molecule has 0 atom stereocenters. The zero-order valence-corrected chi connectivity index (χ0v) is 24.2. The van der Waals surface area contributed by atoms with E-state index in [2.05, 4.69) is 186 Å². The van der Waals surface area contributed by atoms with Crippen LogP contribution in [0.5, 0.6) is 0 Å². The van der Waals surface area contributed by atoms with E-state index in [1.807, 2.05) is 0 Å². The molecule has 7 aromatic carbocycles. The highest BCUT2D eigenvalue weighted by atomic mass is 15.0. The lowest BCUT2D eigenvalue weighted by Crippen LogP contribution is -1.93. The van der Waals surface area contributed by atoms with Crippen LogP contribution in [0.3, 0.4) is 0 Å². The number of fused-ring (bicyclic) bond motifs is 3. The lowest BCUT2D eigenvalue weighted by molar-refractivity contribution is 1.18. The van der Waals surface area contributed by atoms with Crippen LogP contribution in [0.4, 0.5) is 11.4 Å². The van der Waals surface area contributed by atoms with Crippen molar-refractivity contribution >= 4 is 33.2 Å². The van der Waals surface area contributed by atoms with Gasteiger partial charge in [-0.05, 0) is 76.3 Å². The lowest BCUT2D eigenvalue weighted by atomic mass is 9.99. The van der Waals surface area contributed by atoms with Gasteiger partial charge in [0.05, 0.1) is 11.0 Å². The number of anilines is 2. The van der Waals surface area contributed by atoms with Gasteiger partial charge in [-0.1, -0.05) is 127 Å². The highest BCUT2D eigenvalue weighted by Gasteiger charge is 2.13. The Morgan fingerprint density at radius 1 is 0.364 bits per heavy atom. The van der Waals surface area contributed by atoms with E-state index < -0.39 is 0 Å². The molecular formula is C42H30N2. The highest BCUT2D eigenvalue weighted by molar-refractivity contribution is 6.10. The van der Waals surface area contributed by atoms with Crippen LogP contribution in [0, 0.1) is 0 Å². The topological polar surface area (TPSA) is 17.0 Å². The molecule has 8 rings (SSSR count). The quantitative estimate of drug-likeness (QED) is 0.213. The fraction of sp³-hybridized carbons (Fsp3) is 0. The minimum Gasteiger partial charge on any atom is -0.355 e. The molecule has 0 radical (unpaired) electrons. The molecule has 8 aromatic rings. The summed E-state index contributed by atoms with van der Waals surface area (Å²) in [4.78, 5) is 0. The third kappa shape index (κ3) is 4.73. The molecule has 0 aliphatic carbocycles. The second-order valence-electron chi connectivity index (χ2n) is 11.1. The minimum atomic E-state index is 1.07. The van der Waals surface area contributed by atoms with Crippen LogP contribution < -0.4 is 5.32 Å². The first kappa shape index (κ1) is 25.8. The average Bonchev–Trinajstić information content (AvgIpc) is 3.43. The van der Waals surface area contributed by atoms with E-state index >= 15 is 0 Å². The Labute approximate surface area is 257 Å². The molecule has 2 nitrogen and oxygen atoms in total. The van der Waals surface area contributed by atoms with E-state index in [-0.39, 0.29) is 0 Å². The smallest absolute Gasteiger partial charge is 0.0541 e. The van der Waals surface area contributed by atoms with Crippen LogP contribution in [0.15, 0.2) is 176 Å². The van der Waals surface area contributed by atoms with Gasteiger partial charge in [0, 0.05) is 33.4 Å². The number of rotatable bonds is 6. The maximum Gasteiger partial charge on any atom is 0.0541 e. The standard InChI is InChI=1S/C42H30N2/c1-3-11-33(12-4-1)37-15-7-9-17-40(37)43-35-26-23-31(24-27-35)30-19-21-32(22-20-30)34-25-28-42-39(29-34)38-16-8-10-18-41(38)44(42)36-13-5-2-6-14-36/h1-29,43H. The van der Waals surface area contributed by atoms with Gasteiger partial charge in [0.25, 0.3) is 0 Å². The van der Waals surface area contributed by atoms with E-state index in [1.54, 1.807) is 0 Å². The molecule has 0 bridgehead atoms. The van der Waals surface area contributed by atoms with Crippen LogP contribution in [0.25, 0.3) is 60.9 Å². The van der Waals surface area contributed by atoms with Gasteiger partial charge >= 0.3 is 0 Å². The van der Waals surface area contributed by atoms with Gasteiger partial charge < -0.3 is 9.88 Å². The Hall–Kier alpha value is -5.86. The van der Waals surface area contributed by atoms with Crippen molar-refractivity contribution in [3.8, 4) is 39.1 Å². The van der Waals surface area contributed by atoms with Gasteiger partial charge in [-0.3, -0.25) is 0 Å². The third-order valence-electron chi connectivity index (χ3n) is 8.41. The summed E-state index contributed by atoms with van der Waals surface area (Å²) in [7, 11) is 0. The zero-order chi connectivity index (χ0) is 29.3. The molecule has 208 valence electrons. The van der Waals surface area contributed by atoms with Gasteiger partial charge in [0.1, 0.15) is 0 Å². The van der Waals surface area contributed by atoms with Crippen LogP contribution in [-0.2, 0) is 0 Å². The number of nitrogens with one attached hydrogen (secondary N) is 1. The van der Waals surface area contributed by atoms with Gasteiger partial charge in [0.15, 0.2) is 0 Å². The third-order valence-corrected chi connectivity index (χ3v) is 8.41. The van der Waals surface area contributed by atoms with Crippen molar-refractivity contribution in [2.75, 3.05) is 5.32 Å². The fourth-order valence-corrected chi connectivity index (χ4v) is 6.23. The summed E-state index contributed by atoms with van der Waals surface area (Å²) in [6.07, 6.45) is 0. The predicted molar refractivity (Wildman–Crippen MR) is 187 cm³/mol. The maximum absolute atomic E-state index is 3.62. The van der Waals surface area contributed by atoms with Crippen molar-refractivity contribution in [3.63, 3.8) is 0 Å². The Morgan fingerprint density at radius 3 is 1.66 bits per heavy atom. The van der Waals surface area contributed by atoms with Crippen LogP contribution in [0.2, 0.25) is 0 Å². The van der Waals surface area contributed by atoms with Crippen LogP contribution >= 0.6 is 0 Å². The molecule has 0 saturated heterocycles. The molecule has 0 saturated carbocycles. The molecule has 0 aliphatic heterocycles. The van der Waals surface area contributed by atoms with Gasteiger partial charge in [0.2, 0.25) is 0 Å². The van der Waals surface area contributed by atoms with E-state index in [4.69, 9.17) is 0 Å². The predicted octanol–water partition coefficient (Wildman–Crippen LogP) is 11.5. The number of nitrogens with zero attached hydrogens (tertiary/aromatic N) is 1. The van der Waals surface area contributed by atoms with Crippen LogP contribution in [-0.4, -0.2) is 4.57 Å². The average molecular weight is 563 g/mol. The molecule has 1 N–H and O–H groups in total. The first-order valence-electron chi connectivity index (χ1n) is 15.0. The monoisotopic (exact) mass is 562 g/mol. The Bertz CT molecular complexity index is 2210. The summed E-state index contributed by atoms with van der Waals surface area (Å²) >= 11 is 0. The lowest BCUT2D eigenvalue weighted by Gasteiger charge is -2.13. The summed E-state index contributed by atoms with van der Waals surface area (Å²) in [6, 6.07) is 62.7. The molecular weight excluding hydrogens is 532 g/mol. The highest BCUT2D eigenvalue weighted by Crippen LogP contribution is 2.36. The molecule has 0 spiro atoms. The van der Waals surface area contributed by atoms with Gasteiger partial charge in [-0.15, -0.1) is 0 Å². The maximum atomic E-state index is 3.62. The normalized spacial score (nSPS) is 11.2. The number of benzene rings is 7. The molecule has 0 amide bonds. The molecule has 1 aromatic heterocycles. The van der Waals surface area contributed by atoms with Crippen molar-refractivity contribution in [1.82, 2.24) is 4.57 Å². The number of hydrogen-bond donors (Lipinski definition) is 1. The molecule has 1 heterocycles. The molecule has 0 fully saturated rings. The Morgan fingerprint density at radius 2 is 0.909 bits per heavy atom. The fourth-order valence-electron chi connectivity index (χ4n) is 6.23. The van der Waals surface area contributed by atoms with E-state index in [1.165, 1.54) is 60.9 Å². The first-order chi connectivity index (χ1) is 21.8. The number of para-hydroxylation sites is 3. The largest absolute Gasteiger partial charge is 0.355 e. The van der Waals surface area contributed by atoms with E-state index in [0.717, 1.165) is 11.4 Å². The van der Waals surface area contributed by atoms with Gasteiger partial charge in [-0.25, -0.2) is 0 Å². The zero-order valence-electron chi connectivity index (χ0n) is 24.2. The molecule has 0 aliphatic rings. The van der Waals surface area contributed by atoms with Crippen molar-refractivity contribution < 1.29 is 0 Å². The van der Waals surface area contributed by atoms with E-state index in [9.17, 15) is 0 Å². The SMILES string of the molecule is c1ccc(-c2ccccc2Nc2ccc(-c3ccc(-c4ccc5c(c4)c4ccccc4n5-c4ccccc4)cc3)cc2)cc1. The molecule has 2 heteroatoms. The summed E-state index contributed by atoms with van der Waals surface area (Å²) < 4.78 is 2.36. The summed E-state index contributed by atoms with van der Waals surface area (Å²) in [5.74, 6) is 0. The Kier molecular flexibility index (Phi) is 6.51. The number of aromatic nitrogens is 1. The second-order valence-corrected chi connectivity index (χ2v) is 11.1. The number of hydrogen-bond acceptors (Lipinski definition) is 1. The first-order valence-corrected chi connectivity index (χ1v) is 15.0. The molecule has 44 heavy (non-hydrogen) atoms.